The highest BCUT2D eigenvalue weighted by Crippen LogP contribution is 2.25. The molecular formula is C12H12Cl2N2O. The molecule has 2 aromatic rings. The topological polar surface area (TPSA) is 26.9 Å². The summed E-state index contributed by atoms with van der Waals surface area (Å²) in [4.78, 5) is 11.9. The second-order valence-corrected chi connectivity index (χ2v) is 4.49. The van der Waals surface area contributed by atoms with E-state index in [-0.39, 0.29) is 5.69 Å². The SMILES string of the molecule is CCn1ccn(Cc2cccc(Cl)c2Cl)c1=O. The van der Waals surface area contributed by atoms with Gasteiger partial charge in [-0.1, -0.05) is 35.3 Å². The van der Waals surface area contributed by atoms with Gasteiger partial charge in [0.2, 0.25) is 0 Å². The molecule has 2 rings (SSSR count). The highest BCUT2D eigenvalue weighted by molar-refractivity contribution is 6.42. The van der Waals surface area contributed by atoms with Gasteiger partial charge in [-0.25, -0.2) is 4.79 Å². The van der Waals surface area contributed by atoms with E-state index >= 15 is 0 Å². The summed E-state index contributed by atoms with van der Waals surface area (Å²) in [6.45, 7) is 3.03. The van der Waals surface area contributed by atoms with Crippen molar-refractivity contribution in [3.63, 3.8) is 0 Å². The molecular weight excluding hydrogens is 259 g/mol. The molecule has 0 bridgehead atoms. The van der Waals surface area contributed by atoms with Crippen molar-refractivity contribution in [2.75, 3.05) is 0 Å². The highest BCUT2D eigenvalue weighted by atomic mass is 35.5. The molecule has 0 saturated carbocycles. The Labute approximate surface area is 109 Å². The first-order valence-corrected chi connectivity index (χ1v) is 6.07. The fourth-order valence-electron chi connectivity index (χ4n) is 1.67. The summed E-state index contributed by atoms with van der Waals surface area (Å²) in [6, 6.07) is 5.42. The third-order valence-corrected chi connectivity index (χ3v) is 3.49. The molecule has 0 fully saturated rings. The fourth-order valence-corrected chi connectivity index (χ4v) is 2.05. The molecule has 3 nitrogen and oxygen atoms in total. The van der Waals surface area contributed by atoms with Crippen molar-refractivity contribution >= 4 is 23.2 Å². The molecule has 0 unspecified atom stereocenters. The summed E-state index contributed by atoms with van der Waals surface area (Å²) in [6.07, 6.45) is 3.52. The predicted octanol–water partition coefficient (Wildman–Crippen LogP) is 3.02. The van der Waals surface area contributed by atoms with Crippen molar-refractivity contribution in [2.24, 2.45) is 0 Å². The minimum Gasteiger partial charge on any atom is -0.300 e. The number of benzene rings is 1. The van der Waals surface area contributed by atoms with Crippen LogP contribution in [0.2, 0.25) is 10.0 Å². The largest absolute Gasteiger partial charge is 0.328 e. The molecule has 0 aliphatic carbocycles. The van der Waals surface area contributed by atoms with Gasteiger partial charge in [0.15, 0.2) is 0 Å². The maximum Gasteiger partial charge on any atom is 0.328 e. The van der Waals surface area contributed by atoms with E-state index in [2.05, 4.69) is 0 Å². The number of hydrogen-bond donors (Lipinski definition) is 0. The molecule has 90 valence electrons. The van der Waals surface area contributed by atoms with Crippen LogP contribution in [0.25, 0.3) is 0 Å². The van der Waals surface area contributed by atoms with Crippen LogP contribution in [0.4, 0.5) is 0 Å². The molecule has 0 amide bonds. The smallest absolute Gasteiger partial charge is 0.300 e. The summed E-state index contributed by atoms with van der Waals surface area (Å²) in [5.74, 6) is 0. The molecule has 0 atom stereocenters. The average molecular weight is 271 g/mol. The van der Waals surface area contributed by atoms with Crippen molar-refractivity contribution in [3.05, 3.63) is 56.7 Å². The van der Waals surface area contributed by atoms with Gasteiger partial charge in [-0.05, 0) is 18.6 Å². The number of hydrogen-bond acceptors (Lipinski definition) is 1. The zero-order valence-electron chi connectivity index (χ0n) is 9.36. The van der Waals surface area contributed by atoms with Crippen LogP contribution in [-0.2, 0) is 13.1 Å². The minimum atomic E-state index is -0.0384. The van der Waals surface area contributed by atoms with Crippen LogP contribution >= 0.6 is 23.2 Å². The van der Waals surface area contributed by atoms with E-state index < -0.39 is 0 Å². The molecule has 0 N–H and O–H groups in total. The van der Waals surface area contributed by atoms with Crippen LogP contribution in [0.15, 0.2) is 35.4 Å². The fraction of sp³-hybridized carbons (Fsp3) is 0.250. The van der Waals surface area contributed by atoms with Crippen molar-refractivity contribution in [1.82, 2.24) is 9.13 Å². The lowest BCUT2D eigenvalue weighted by molar-refractivity contribution is 0.668. The zero-order chi connectivity index (χ0) is 12.4. The lowest BCUT2D eigenvalue weighted by Gasteiger charge is -2.05. The van der Waals surface area contributed by atoms with E-state index in [1.165, 1.54) is 0 Å². The second-order valence-electron chi connectivity index (χ2n) is 3.71. The van der Waals surface area contributed by atoms with Gasteiger partial charge in [-0.2, -0.15) is 0 Å². The molecule has 0 radical (unpaired) electrons. The van der Waals surface area contributed by atoms with E-state index in [9.17, 15) is 4.79 Å². The van der Waals surface area contributed by atoms with Crippen molar-refractivity contribution < 1.29 is 0 Å². The van der Waals surface area contributed by atoms with Crippen molar-refractivity contribution in [2.45, 2.75) is 20.0 Å². The summed E-state index contributed by atoms with van der Waals surface area (Å²) in [5, 5.41) is 1.01. The van der Waals surface area contributed by atoms with Gasteiger partial charge in [-0.15, -0.1) is 0 Å². The third-order valence-electron chi connectivity index (χ3n) is 2.63. The average Bonchev–Trinajstić information content (AvgIpc) is 2.66. The Hall–Kier alpha value is -1.19. The third kappa shape index (κ3) is 2.40. The normalized spacial score (nSPS) is 10.8. The molecule has 1 heterocycles. The van der Waals surface area contributed by atoms with Crippen LogP contribution in [0.3, 0.4) is 0 Å². The lowest BCUT2D eigenvalue weighted by Crippen LogP contribution is -2.23. The number of halogens is 2. The van der Waals surface area contributed by atoms with Gasteiger partial charge in [0.05, 0.1) is 16.6 Å². The molecule has 0 saturated heterocycles. The van der Waals surface area contributed by atoms with Gasteiger partial charge in [0, 0.05) is 18.9 Å². The Balaban J connectivity index is 2.35. The zero-order valence-corrected chi connectivity index (χ0v) is 10.9. The van der Waals surface area contributed by atoms with E-state index in [0.717, 1.165) is 5.56 Å². The van der Waals surface area contributed by atoms with Gasteiger partial charge in [-0.3, -0.25) is 9.13 Å². The lowest BCUT2D eigenvalue weighted by atomic mass is 10.2. The number of nitrogens with zero attached hydrogens (tertiary/aromatic N) is 2. The second kappa shape index (κ2) is 4.98. The summed E-state index contributed by atoms with van der Waals surface area (Å²) in [5.41, 5.74) is 0.804. The molecule has 0 aliphatic heterocycles. The quantitative estimate of drug-likeness (QED) is 0.843. The molecule has 0 spiro atoms. The number of rotatable bonds is 3. The Bertz CT molecular complexity index is 586. The minimum absolute atomic E-state index is 0.0384. The van der Waals surface area contributed by atoms with Crippen molar-refractivity contribution in [1.29, 1.82) is 0 Å². The number of imidazole rings is 1. The Morgan fingerprint density at radius 1 is 1.18 bits per heavy atom. The van der Waals surface area contributed by atoms with Crippen molar-refractivity contribution in [3.8, 4) is 0 Å². The molecule has 17 heavy (non-hydrogen) atoms. The number of aromatic nitrogens is 2. The van der Waals surface area contributed by atoms with Gasteiger partial charge < -0.3 is 0 Å². The van der Waals surface area contributed by atoms with E-state index in [0.29, 0.717) is 23.1 Å². The monoisotopic (exact) mass is 270 g/mol. The standard InChI is InChI=1S/C12H12Cl2N2O/c1-2-15-6-7-16(12(15)17)8-9-4-3-5-10(13)11(9)14/h3-7H,2,8H2,1H3. The maximum atomic E-state index is 11.9. The van der Waals surface area contributed by atoms with E-state index in [4.69, 9.17) is 23.2 Å². The van der Waals surface area contributed by atoms with E-state index in [1.807, 2.05) is 19.1 Å². The van der Waals surface area contributed by atoms with Gasteiger partial charge in [0.25, 0.3) is 0 Å². The first kappa shape index (κ1) is 12.3. The summed E-state index contributed by atoms with van der Waals surface area (Å²) < 4.78 is 3.25. The molecule has 1 aromatic heterocycles. The highest BCUT2D eigenvalue weighted by Gasteiger charge is 2.07. The molecule has 1 aromatic carbocycles. The Morgan fingerprint density at radius 3 is 2.53 bits per heavy atom. The predicted molar refractivity (Wildman–Crippen MR) is 69.9 cm³/mol. The molecule has 5 heteroatoms. The van der Waals surface area contributed by atoms with Crippen LogP contribution in [0, 0.1) is 0 Å². The molecule has 0 aliphatic rings. The van der Waals surface area contributed by atoms with Crippen LogP contribution in [-0.4, -0.2) is 9.13 Å². The van der Waals surface area contributed by atoms with E-state index in [1.54, 1.807) is 27.6 Å². The van der Waals surface area contributed by atoms with Crippen LogP contribution in [0.1, 0.15) is 12.5 Å². The maximum absolute atomic E-state index is 11.9. The first-order valence-electron chi connectivity index (χ1n) is 5.32. The van der Waals surface area contributed by atoms with Crippen LogP contribution < -0.4 is 5.69 Å². The number of aryl methyl sites for hydroxylation is 1. The Morgan fingerprint density at radius 2 is 1.88 bits per heavy atom. The van der Waals surface area contributed by atoms with Gasteiger partial charge >= 0.3 is 5.69 Å². The first-order chi connectivity index (χ1) is 8.13. The summed E-state index contributed by atoms with van der Waals surface area (Å²) in [7, 11) is 0. The van der Waals surface area contributed by atoms with Crippen LogP contribution in [0.5, 0.6) is 0 Å². The summed E-state index contributed by atoms with van der Waals surface area (Å²) >= 11 is 12.0. The Kier molecular flexibility index (Phi) is 3.60. The van der Waals surface area contributed by atoms with Gasteiger partial charge in [0.1, 0.15) is 0 Å².